The van der Waals surface area contributed by atoms with Gasteiger partial charge in [-0.05, 0) is 77.6 Å². The minimum atomic E-state index is -3.07. The van der Waals surface area contributed by atoms with Crippen molar-refractivity contribution < 1.29 is 13.3 Å². The van der Waals surface area contributed by atoms with Gasteiger partial charge < -0.3 is 13.3 Å². The summed E-state index contributed by atoms with van der Waals surface area (Å²) in [4.78, 5) is 0. The van der Waals surface area contributed by atoms with Crippen LogP contribution < -0.4 is 10.4 Å². The number of hydrogen-bond donors (Lipinski definition) is 0. The van der Waals surface area contributed by atoms with Crippen LogP contribution >= 0.6 is 0 Å². The third-order valence-corrected chi connectivity index (χ3v) is 26.7. The molecule has 2 aromatic carbocycles. The molecule has 1 unspecified atom stereocenters. The van der Waals surface area contributed by atoms with Gasteiger partial charge in [0.15, 0.2) is 0 Å². The molecule has 2 rings (SSSR count). The largest absolute Gasteiger partial charge is 0.409 e. The van der Waals surface area contributed by atoms with Crippen LogP contribution in [0.25, 0.3) is 0 Å². The first-order chi connectivity index (χ1) is 19.0. The van der Waals surface area contributed by atoms with Crippen molar-refractivity contribution in [1.29, 1.82) is 0 Å². The fourth-order valence-corrected chi connectivity index (χ4v) is 18.1. The van der Waals surface area contributed by atoms with Gasteiger partial charge in [0.25, 0.3) is 8.32 Å². The molecule has 234 valence electrons. The normalized spacial score (nSPS) is 15.7. The van der Waals surface area contributed by atoms with Gasteiger partial charge in [0, 0.05) is 10.3 Å². The monoisotopic (exact) mass is 640 g/mol. The third kappa shape index (κ3) is 6.82. The van der Waals surface area contributed by atoms with E-state index in [0.717, 1.165) is 6.42 Å². The van der Waals surface area contributed by atoms with Gasteiger partial charge in [-0.2, -0.15) is 0 Å². The first-order valence-electron chi connectivity index (χ1n) is 15.5. The van der Waals surface area contributed by atoms with E-state index < -0.39 is 48.9 Å². The highest BCUT2D eigenvalue weighted by Gasteiger charge is 2.65. The fraction of sp³-hybridized carbons (Fsp3) is 0.543. The van der Waals surface area contributed by atoms with Gasteiger partial charge >= 0.3 is 0 Å². The molecule has 0 fully saturated rings. The molecule has 0 saturated heterocycles. The van der Waals surface area contributed by atoms with Crippen molar-refractivity contribution >= 4 is 43.4 Å². The maximum absolute atomic E-state index is 7.89. The first kappa shape index (κ1) is 36.9. The lowest BCUT2D eigenvalue weighted by molar-refractivity contribution is 0.00151. The van der Waals surface area contributed by atoms with Crippen LogP contribution in [0, 0.1) is 0 Å². The molecule has 1 atom stereocenters. The van der Waals surface area contributed by atoms with Gasteiger partial charge in [-0.1, -0.05) is 106 Å². The zero-order valence-corrected chi connectivity index (χ0v) is 33.3. The minimum Gasteiger partial charge on any atom is -0.409 e. The molecule has 0 aliphatic rings. The molecule has 0 spiro atoms. The van der Waals surface area contributed by atoms with E-state index in [-0.39, 0.29) is 5.22 Å². The summed E-state index contributed by atoms with van der Waals surface area (Å²) in [5.74, 6) is 0. The fourth-order valence-electron chi connectivity index (χ4n) is 5.76. The summed E-state index contributed by atoms with van der Waals surface area (Å²) in [5.41, 5.74) is 3.68. The molecular formula is C35H60O3Si4. The average Bonchev–Trinajstić information content (AvgIpc) is 2.91. The van der Waals surface area contributed by atoms with Gasteiger partial charge in [-0.3, -0.25) is 0 Å². The van der Waals surface area contributed by atoms with E-state index in [1.807, 2.05) is 5.70 Å². The van der Waals surface area contributed by atoms with Crippen LogP contribution in [-0.4, -0.2) is 49.1 Å². The second kappa shape index (κ2) is 12.6. The van der Waals surface area contributed by atoms with Crippen molar-refractivity contribution in [2.75, 3.05) is 0 Å². The molecule has 0 aliphatic carbocycles. The molecule has 0 saturated carbocycles. The lowest BCUT2D eigenvalue weighted by Gasteiger charge is -2.60. The Morgan fingerprint density at radius 3 is 1.40 bits per heavy atom. The Kier molecular flexibility index (Phi) is 11.0. The maximum atomic E-state index is 7.89. The highest BCUT2D eigenvalue weighted by Crippen LogP contribution is 2.54. The Morgan fingerprint density at radius 2 is 1.05 bits per heavy atom. The first-order valence-corrected chi connectivity index (χ1v) is 26.4. The quantitative estimate of drug-likeness (QED) is 0.182. The highest BCUT2D eigenvalue weighted by molar-refractivity contribution is 7.00. The predicted octanol–water partition coefficient (Wildman–Crippen LogP) is 8.95. The molecule has 0 amide bonds. The van der Waals surface area contributed by atoms with Crippen molar-refractivity contribution in [3.63, 3.8) is 0 Å². The van der Waals surface area contributed by atoms with Gasteiger partial charge in [0.1, 0.15) is 8.07 Å². The molecule has 0 aromatic heterocycles. The second-order valence-electron chi connectivity index (χ2n) is 15.2. The average molecular weight is 641 g/mol. The van der Waals surface area contributed by atoms with E-state index in [9.17, 15) is 0 Å². The van der Waals surface area contributed by atoms with Crippen LogP contribution in [-0.2, 0) is 13.3 Å². The Balaban J connectivity index is 2.95. The Bertz CT molecular complexity index is 1160. The number of rotatable bonds is 15. The summed E-state index contributed by atoms with van der Waals surface area (Å²) < 4.78 is 22.4. The summed E-state index contributed by atoms with van der Waals surface area (Å²) in [7, 11) is -9.62. The Labute approximate surface area is 263 Å². The van der Waals surface area contributed by atoms with Crippen LogP contribution in [0.15, 0.2) is 85.2 Å². The molecule has 3 nitrogen and oxygen atoms in total. The van der Waals surface area contributed by atoms with E-state index in [4.69, 9.17) is 13.3 Å². The summed E-state index contributed by atoms with van der Waals surface area (Å²) in [6.07, 6.45) is 0.843. The lowest BCUT2D eigenvalue weighted by atomic mass is 9.89. The van der Waals surface area contributed by atoms with E-state index in [2.05, 4.69) is 174 Å². The van der Waals surface area contributed by atoms with E-state index in [0.29, 0.717) is 0 Å². The Hall–Kier alpha value is -1.33. The van der Waals surface area contributed by atoms with Crippen LogP contribution in [0.5, 0.6) is 0 Å². The summed E-state index contributed by atoms with van der Waals surface area (Å²) in [6.45, 7) is 40.5. The number of benzene rings is 2. The standard InChI is InChI=1S/C35H60O3Si4/c1-17-35(10,38-41(15,16)34(8,9)36-40(13,14)19-3)32(4,5)42(30-26-22-20-23-27-30,31-28-24-21-25-29-31)37-33(6,7)39(11,12)18-2/h18-29H,2-3,17H2,1,4-16H3. The molecule has 0 N–H and O–H groups in total. The summed E-state index contributed by atoms with van der Waals surface area (Å²) >= 11 is 0. The van der Waals surface area contributed by atoms with Gasteiger partial charge in [0.2, 0.25) is 16.6 Å². The SMILES string of the molecule is C=C[Si](C)(C)OC(C)(C)[Si](C)(C)OC(C)(CC)C(C)(C)[Si](OC(C)(C)[Si](C)(C)C=C)(c1ccccc1)c1ccccc1. The van der Waals surface area contributed by atoms with Crippen LogP contribution in [0.4, 0.5) is 0 Å². The highest BCUT2D eigenvalue weighted by atomic mass is 28.4. The third-order valence-electron chi connectivity index (χ3n) is 10.6. The molecule has 7 heteroatoms. The van der Waals surface area contributed by atoms with E-state index >= 15 is 0 Å². The molecule has 0 heterocycles. The van der Waals surface area contributed by atoms with Crippen LogP contribution in [0.3, 0.4) is 0 Å². The second-order valence-corrected chi connectivity index (χ2v) is 32.5. The molecule has 2 aromatic rings. The summed E-state index contributed by atoms with van der Waals surface area (Å²) in [5, 5.41) is 1.34. The maximum Gasteiger partial charge on any atom is 0.264 e. The lowest BCUT2D eigenvalue weighted by Crippen LogP contribution is -2.77. The van der Waals surface area contributed by atoms with Crippen LogP contribution in [0.1, 0.15) is 61.8 Å². The molecule has 0 bridgehead atoms. The van der Waals surface area contributed by atoms with Crippen molar-refractivity contribution in [3.8, 4) is 0 Å². The van der Waals surface area contributed by atoms with Crippen molar-refractivity contribution in [1.82, 2.24) is 0 Å². The van der Waals surface area contributed by atoms with Crippen molar-refractivity contribution in [2.24, 2.45) is 0 Å². The van der Waals surface area contributed by atoms with Crippen molar-refractivity contribution in [3.05, 3.63) is 85.2 Å². The smallest absolute Gasteiger partial charge is 0.264 e. The topological polar surface area (TPSA) is 27.7 Å². The van der Waals surface area contributed by atoms with Gasteiger partial charge in [0.05, 0.1) is 10.8 Å². The zero-order chi connectivity index (χ0) is 32.5. The molecule has 0 radical (unpaired) electrons. The van der Waals surface area contributed by atoms with E-state index in [1.54, 1.807) is 0 Å². The summed E-state index contributed by atoms with van der Waals surface area (Å²) in [6, 6.07) is 22.0. The molecule has 42 heavy (non-hydrogen) atoms. The Morgan fingerprint density at radius 1 is 0.619 bits per heavy atom. The molecular weight excluding hydrogens is 581 g/mol. The van der Waals surface area contributed by atoms with E-state index in [1.165, 1.54) is 10.4 Å². The van der Waals surface area contributed by atoms with Crippen LogP contribution in [0.2, 0.25) is 44.3 Å². The minimum absolute atomic E-state index is 0.381. The van der Waals surface area contributed by atoms with Gasteiger partial charge in [-0.15, -0.1) is 13.2 Å². The predicted molar refractivity (Wildman–Crippen MR) is 195 cm³/mol. The number of hydrogen-bond acceptors (Lipinski definition) is 3. The molecule has 0 aliphatic heterocycles. The van der Waals surface area contributed by atoms with Crippen molar-refractivity contribution in [2.45, 2.75) is 122 Å². The van der Waals surface area contributed by atoms with Gasteiger partial charge in [-0.25, -0.2) is 0 Å². The zero-order valence-electron chi connectivity index (χ0n) is 29.3.